The van der Waals surface area contributed by atoms with Gasteiger partial charge < -0.3 is 10.1 Å². The molecule has 0 saturated carbocycles. The molecule has 0 aliphatic carbocycles. The number of nitrogens with one attached hydrogen (secondary N) is 1. The molecule has 2 fully saturated rings. The zero-order chi connectivity index (χ0) is 15.5. The first-order chi connectivity index (χ1) is 10.6. The standard InChI is InChI=1S/C17H25N3O2/c1-12(2)7-19-17(21)15-6-14-10-20(11-16(15)22-14)9-13-4-3-5-18-8-13/h3-5,8,12,14-16H,6-7,9-11H2,1-2H3,(H,19,21)/t14-,15+,16-/m1/s1. The van der Waals surface area contributed by atoms with E-state index in [9.17, 15) is 4.79 Å². The Labute approximate surface area is 132 Å². The fourth-order valence-electron chi connectivity index (χ4n) is 3.33. The van der Waals surface area contributed by atoms with Crippen molar-refractivity contribution in [2.75, 3.05) is 19.6 Å². The maximum absolute atomic E-state index is 12.3. The summed E-state index contributed by atoms with van der Waals surface area (Å²) in [5.74, 6) is 0.639. The Hall–Kier alpha value is -1.46. The zero-order valence-electron chi connectivity index (χ0n) is 13.4. The smallest absolute Gasteiger partial charge is 0.225 e. The highest BCUT2D eigenvalue weighted by atomic mass is 16.5. The van der Waals surface area contributed by atoms with E-state index in [1.165, 1.54) is 5.56 Å². The van der Waals surface area contributed by atoms with Crippen molar-refractivity contribution in [3.05, 3.63) is 30.1 Å². The van der Waals surface area contributed by atoms with Gasteiger partial charge in [0.15, 0.2) is 0 Å². The highest BCUT2D eigenvalue weighted by Gasteiger charge is 2.44. The first kappa shape index (κ1) is 15.4. The second kappa shape index (κ2) is 6.75. The van der Waals surface area contributed by atoms with Gasteiger partial charge in [0.25, 0.3) is 0 Å². The Morgan fingerprint density at radius 3 is 3.09 bits per heavy atom. The van der Waals surface area contributed by atoms with Crippen LogP contribution >= 0.6 is 0 Å². The molecule has 1 amide bonds. The highest BCUT2D eigenvalue weighted by Crippen LogP contribution is 2.32. The first-order valence-electron chi connectivity index (χ1n) is 8.16. The molecule has 0 spiro atoms. The van der Waals surface area contributed by atoms with Crippen LogP contribution in [0.25, 0.3) is 0 Å². The van der Waals surface area contributed by atoms with Gasteiger partial charge in [-0.3, -0.25) is 14.7 Å². The van der Waals surface area contributed by atoms with E-state index in [4.69, 9.17) is 4.74 Å². The summed E-state index contributed by atoms with van der Waals surface area (Å²) < 4.78 is 5.99. The van der Waals surface area contributed by atoms with Crippen LogP contribution in [0.3, 0.4) is 0 Å². The Morgan fingerprint density at radius 2 is 2.36 bits per heavy atom. The minimum absolute atomic E-state index is 0.00245. The zero-order valence-corrected chi connectivity index (χ0v) is 13.4. The number of amides is 1. The van der Waals surface area contributed by atoms with Crippen molar-refractivity contribution in [2.45, 2.75) is 39.0 Å². The fraction of sp³-hybridized carbons (Fsp3) is 0.647. The van der Waals surface area contributed by atoms with Crippen LogP contribution in [0.1, 0.15) is 25.8 Å². The second-order valence-corrected chi connectivity index (χ2v) is 6.83. The van der Waals surface area contributed by atoms with Gasteiger partial charge >= 0.3 is 0 Å². The fourth-order valence-corrected chi connectivity index (χ4v) is 3.33. The number of fused-ring (bicyclic) bond motifs is 2. The third kappa shape index (κ3) is 3.65. The molecule has 5 nitrogen and oxygen atoms in total. The molecule has 22 heavy (non-hydrogen) atoms. The van der Waals surface area contributed by atoms with Crippen LogP contribution in [0.4, 0.5) is 0 Å². The van der Waals surface area contributed by atoms with Crippen LogP contribution in [0.2, 0.25) is 0 Å². The van der Waals surface area contributed by atoms with Crippen LogP contribution in [0.5, 0.6) is 0 Å². The van der Waals surface area contributed by atoms with E-state index in [-0.39, 0.29) is 24.0 Å². The molecule has 2 bridgehead atoms. The number of morpholine rings is 1. The van der Waals surface area contributed by atoms with Crippen molar-refractivity contribution in [1.82, 2.24) is 15.2 Å². The number of rotatable bonds is 5. The molecule has 2 aliphatic heterocycles. The highest BCUT2D eigenvalue weighted by molar-refractivity contribution is 5.79. The molecule has 120 valence electrons. The summed E-state index contributed by atoms with van der Waals surface area (Å²) >= 11 is 0. The molecule has 0 radical (unpaired) electrons. The van der Waals surface area contributed by atoms with E-state index < -0.39 is 0 Å². The molecule has 3 rings (SSSR count). The van der Waals surface area contributed by atoms with Crippen LogP contribution in [-0.2, 0) is 16.1 Å². The third-order valence-corrected chi connectivity index (χ3v) is 4.38. The van der Waals surface area contributed by atoms with E-state index in [0.29, 0.717) is 5.92 Å². The van der Waals surface area contributed by atoms with Crippen molar-refractivity contribution in [3.63, 3.8) is 0 Å². The summed E-state index contributed by atoms with van der Waals surface area (Å²) in [5, 5.41) is 3.05. The summed E-state index contributed by atoms with van der Waals surface area (Å²) in [5.41, 5.74) is 1.21. The lowest BCUT2D eigenvalue weighted by atomic mass is 9.99. The van der Waals surface area contributed by atoms with Gasteiger partial charge in [-0.15, -0.1) is 0 Å². The summed E-state index contributed by atoms with van der Waals surface area (Å²) in [6.07, 6.45) is 4.76. The molecule has 2 saturated heterocycles. The molecule has 0 aromatic carbocycles. The SMILES string of the molecule is CC(C)CNC(=O)[C@H]1C[C@@H]2CN(Cc3cccnc3)C[C@H]1O2. The number of carbonyl (C=O) groups is 1. The van der Waals surface area contributed by atoms with Gasteiger partial charge in [-0.1, -0.05) is 19.9 Å². The number of hydrogen-bond acceptors (Lipinski definition) is 4. The second-order valence-electron chi connectivity index (χ2n) is 6.83. The number of carbonyl (C=O) groups excluding carboxylic acids is 1. The largest absolute Gasteiger partial charge is 0.371 e. The predicted molar refractivity (Wildman–Crippen MR) is 84.1 cm³/mol. The van der Waals surface area contributed by atoms with Crippen LogP contribution in [0, 0.1) is 11.8 Å². The Kier molecular flexibility index (Phi) is 4.74. The maximum atomic E-state index is 12.3. The lowest BCUT2D eigenvalue weighted by Gasteiger charge is -2.32. The van der Waals surface area contributed by atoms with Gasteiger partial charge in [0, 0.05) is 38.6 Å². The molecule has 5 heteroatoms. The number of aromatic nitrogens is 1. The van der Waals surface area contributed by atoms with Gasteiger partial charge in [0.2, 0.25) is 5.91 Å². The lowest BCUT2D eigenvalue weighted by molar-refractivity contribution is -0.128. The minimum atomic E-state index is 0.00245. The van der Waals surface area contributed by atoms with Crippen LogP contribution < -0.4 is 5.32 Å². The van der Waals surface area contributed by atoms with E-state index in [1.54, 1.807) is 6.20 Å². The van der Waals surface area contributed by atoms with Gasteiger partial charge in [-0.05, 0) is 24.0 Å². The number of pyridine rings is 1. The van der Waals surface area contributed by atoms with E-state index in [2.05, 4.69) is 35.1 Å². The number of likely N-dealkylation sites (tertiary alicyclic amines) is 1. The third-order valence-electron chi connectivity index (χ3n) is 4.38. The van der Waals surface area contributed by atoms with Crippen molar-refractivity contribution in [3.8, 4) is 0 Å². The van der Waals surface area contributed by atoms with E-state index in [0.717, 1.165) is 32.6 Å². The normalized spacial score (nSPS) is 28.0. The van der Waals surface area contributed by atoms with Crippen LogP contribution in [-0.4, -0.2) is 47.6 Å². The number of hydrogen-bond donors (Lipinski definition) is 1. The van der Waals surface area contributed by atoms with Crippen LogP contribution in [0.15, 0.2) is 24.5 Å². The lowest BCUT2D eigenvalue weighted by Crippen LogP contribution is -2.45. The Bertz CT molecular complexity index is 506. The average Bonchev–Trinajstić information content (AvgIpc) is 2.80. The molecule has 1 N–H and O–H groups in total. The minimum Gasteiger partial charge on any atom is -0.371 e. The molecule has 3 atom stereocenters. The number of nitrogens with zero attached hydrogens (tertiary/aromatic N) is 2. The maximum Gasteiger partial charge on any atom is 0.225 e. The summed E-state index contributed by atoms with van der Waals surface area (Å²) in [7, 11) is 0. The molecule has 0 unspecified atom stereocenters. The molecule has 1 aromatic rings. The monoisotopic (exact) mass is 303 g/mol. The van der Waals surface area contributed by atoms with Crippen molar-refractivity contribution >= 4 is 5.91 Å². The number of ether oxygens (including phenoxy) is 1. The molecular formula is C17H25N3O2. The summed E-state index contributed by atoms with van der Waals surface area (Å²) in [6.45, 7) is 7.57. The quantitative estimate of drug-likeness (QED) is 0.894. The predicted octanol–water partition coefficient (Wildman–Crippen LogP) is 1.44. The Morgan fingerprint density at radius 1 is 1.50 bits per heavy atom. The van der Waals surface area contributed by atoms with E-state index >= 15 is 0 Å². The van der Waals surface area contributed by atoms with Gasteiger partial charge in [-0.25, -0.2) is 0 Å². The van der Waals surface area contributed by atoms with Crippen molar-refractivity contribution < 1.29 is 9.53 Å². The molecular weight excluding hydrogens is 278 g/mol. The van der Waals surface area contributed by atoms with Crippen molar-refractivity contribution in [2.24, 2.45) is 11.8 Å². The summed E-state index contributed by atoms with van der Waals surface area (Å²) in [4.78, 5) is 18.9. The molecule has 2 aliphatic rings. The van der Waals surface area contributed by atoms with Gasteiger partial charge in [-0.2, -0.15) is 0 Å². The average molecular weight is 303 g/mol. The van der Waals surface area contributed by atoms with Gasteiger partial charge in [0.1, 0.15) is 0 Å². The van der Waals surface area contributed by atoms with Crippen molar-refractivity contribution in [1.29, 1.82) is 0 Å². The topological polar surface area (TPSA) is 54.5 Å². The van der Waals surface area contributed by atoms with Gasteiger partial charge in [0.05, 0.1) is 18.1 Å². The summed E-state index contributed by atoms with van der Waals surface area (Å²) in [6, 6.07) is 4.06. The van der Waals surface area contributed by atoms with E-state index in [1.807, 2.05) is 12.3 Å². The molecule has 1 aromatic heterocycles. The molecule has 3 heterocycles. The first-order valence-corrected chi connectivity index (χ1v) is 8.16. The Balaban J connectivity index is 1.56.